The predicted molar refractivity (Wildman–Crippen MR) is 86.9 cm³/mol. The van der Waals surface area contributed by atoms with Gasteiger partial charge in [-0.15, -0.1) is 0 Å². The molecule has 1 fully saturated rings. The molecule has 1 aromatic heterocycles. The number of carbonyl (C=O) groups is 2. The number of rotatable bonds is 3. The van der Waals surface area contributed by atoms with Crippen LogP contribution in [0.5, 0.6) is 0 Å². The molecular formula is C17H18F3N3O2. The van der Waals surface area contributed by atoms with Crippen LogP contribution >= 0.6 is 0 Å². The Labute approximate surface area is 142 Å². The van der Waals surface area contributed by atoms with Gasteiger partial charge in [0.1, 0.15) is 5.69 Å². The molecule has 8 heteroatoms. The summed E-state index contributed by atoms with van der Waals surface area (Å²) in [6, 6.07) is 5.54. The number of alkyl halides is 3. The van der Waals surface area contributed by atoms with Crippen molar-refractivity contribution >= 4 is 28.4 Å². The second-order valence-corrected chi connectivity index (χ2v) is 6.51. The van der Waals surface area contributed by atoms with E-state index in [4.69, 9.17) is 0 Å². The molecular weight excluding hydrogens is 335 g/mol. The fraction of sp³-hybridized carbons (Fsp3) is 0.412. The minimum atomic E-state index is -4.45. The van der Waals surface area contributed by atoms with E-state index in [2.05, 4.69) is 10.3 Å². The molecule has 1 aliphatic heterocycles. The SMILES string of the molecule is CC(C)N1CC(C(=O)Nc2ccc3[nH]c(C(F)(F)F)cc3c2)CC1=O. The zero-order valence-corrected chi connectivity index (χ0v) is 13.8. The van der Waals surface area contributed by atoms with Crippen LogP contribution in [-0.4, -0.2) is 34.3 Å². The number of nitrogens with zero attached hydrogens (tertiary/aromatic N) is 1. The third-order valence-corrected chi connectivity index (χ3v) is 4.35. The molecule has 0 saturated carbocycles. The topological polar surface area (TPSA) is 65.2 Å². The lowest BCUT2D eigenvalue weighted by molar-refractivity contribution is -0.140. The van der Waals surface area contributed by atoms with E-state index in [0.717, 1.165) is 6.07 Å². The molecule has 2 aromatic rings. The number of fused-ring (bicyclic) bond motifs is 1. The van der Waals surface area contributed by atoms with Gasteiger partial charge in [0, 0.05) is 35.6 Å². The van der Waals surface area contributed by atoms with E-state index in [1.165, 1.54) is 18.2 Å². The van der Waals surface area contributed by atoms with Crippen molar-refractivity contribution in [1.29, 1.82) is 0 Å². The van der Waals surface area contributed by atoms with E-state index in [-0.39, 0.29) is 24.3 Å². The van der Waals surface area contributed by atoms with Crippen molar-refractivity contribution in [2.75, 3.05) is 11.9 Å². The lowest BCUT2D eigenvalue weighted by Crippen LogP contribution is -2.33. The van der Waals surface area contributed by atoms with E-state index in [9.17, 15) is 22.8 Å². The maximum atomic E-state index is 12.7. The third-order valence-electron chi connectivity index (χ3n) is 4.35. The number of H-pyrrole nitrogens is 1. The Balaban J connectivity index is 1.74. The summed E-state index contributed by atoms with van der Waals surface area (Å²) in [5.41, 5.74) is -0.0898. The molecule has 0 radical (unpaired) electrons. The molecule has 5 nitrogen and oxygen atoms in total. The summed E-state index contributed by atoms with van der Waals surface area (Å²) >= 11 is 0. The molecule has 2 amide bonds. The van der Waals surface area contributed by atoms with Crippen LogP contribution in [0.3, 0.4) is 0 Å². The Bertz CT molecular complexity index is 826. The minimum Gasteiger partial charge on any atom is -0.351 e. The molecule has 3 rings (SSSR count). The van der Waals surface area contributed by atoms with Crippen LogP contribution in [0.15, 0.2) is 24.3 Å². The predicted octanol–water partition coefficient (Wildman–Crippen LogP) is 3.38. The van der Waals surface area contributed by atoms with E-state index in [1.807, 2.05) is 13.8 Å². The number of likely N-dealkylation sites (tertiary alicyclic amines) is 1. The van der Waals surface area contributed by atoms with Crippen LogP contribution in [0.4, 0.5) is 18.9 Å². The summed E-state index contributed by atoms with van der Waals surface area (Å²) in [5.74, 6) is -0.823. The first-order valence-corrected chi connectivity index (χ1v) is 7.95. The van der Waals surface area contributed by atoms with Gasteiger partial charge in [-0.25, -0.2) is 0 Å². The number of aromatic nitrogens is 1. The van der Waals surface area contributed by atoms with Crippen LogP contribution in [-0.2, 0) is 15.8 Å². The normalized spacial score (nSPS) is 18.4. The molecule has 134 valence electrons. The van der Waals surface area contributed by atoms with Gasteiger partial charge < -0.3 is 15.2 Å². The van der Waals surface area contributed by atoms with Crippen molar-refractivity contribution in [1.82, 2.24) is 9.88 Å². The lowest BCUT2D eigenvalue weighted by Gasteiger charge is -2.20. The van der Waals surface area contributed by atoms with Crippen molar-refractivity contribution in [2.24, 2.45) is 5.92 Å². The second-order valence-electron chi connectivity index (χ2n) is 6.51. The van der Waals surface area contributed by atoms with Crippen LogP contribution in [0.2, 0.25) is 0 Å². The van der Waals surface area contributed by atoms with Crippen molar-refractivity contribution in [3.8, 4) is 0 Å². The number of aromatic amines is 1. The summed E-state index contributed by atoms with van der Waals surface area (Å²) in [6.07, 6.45) is -4.30. The molecule has 2 N–H and O–H groups in total. The van der Waals surface area contributed by atoms with Gasteiger partial charge in [-0.05, 0) is 38.1 Å². The smallest absolute Gasteiger partial charge is 0.351 e. The molecule has 0 bridgehead atoms. The Morgan fingerprint density at radius 3 is 2.64 bits per heavy atom. The number of halogens is 3. The van der Waals surface area contributed by atoms with E-state index in [1.54, 1.807) is 4.90 Å². The van der Waals surface area contributed by atoms with Crippen molar-refractivity contribution in [3.05, 3.63) is 30.0 Å². The van der Waals surface area contributed by atoms with Crippen LogP contribution < -0.4 is 5.32 Å². The lowest BCUT2D eigenvalue weighted by atomic mass is 10.1. The Hall–Kier alpha value is -2.51. The van der Waals surface area contributed by atoms with Gasteiger partial charge in [-0.1, -0.05) is 0 Å². The molecule has 1 atom stereocenters. The van der Waals surface area contributed by atoms with Gasteiger partial charge in [0.25, 0.3) is 0 Å². The van der Waals surface area contributed by atoms with E-state index in [0.29, 0.717) is 23.1 Å². The second kappa shape index (κ2) is 6.09. The number of benzene rings is 1. The summed E-state index contributed by atoms with van der Waals surface area (Å²) < 4.78 is 38.2. The van der Waals surface area contributed by atoms with Crippen molar-refractivity contribution < 1.29 is 22.8 Å². The number of amides is 2. The fourth-order valence-corrected chi connectivity index (χ4v) is 3.01. The summed E-state index contributed by atoms with van der Waals surface area (Å²) in [5, 5.41) is 3.05. The average Bonchev–Trinajstić information content (AvgIpc) is 3.09. The Morgan fingerprint density at radius 1 is 1.32 bits per heavy atom. The third kappa shape index (κ3) is 3.47. The zero-order chi connectivity index (χ0) is 18.4. The Morgan fingerprint density at radius 2 is 2.04 bits per heavy atom. The highest BCUT2D eigenvalue weighted by molar-refractivity contribution is 5.98. The first-order valence-electron chi connectivity index (χ1n) is 7.95. The number of hydrogen-bond donors (Lipinski definition) is 2. The molecule has 1 aromatic carbocycles. The Kier molecular flexibility index (Phi) is 4.22. The van der Waals surface area contributed by atoms with Gasteiger partial charge in [0.15, 0.2) is 0 Å². The summed E-state index contributed by atoms with van der Waals surface area (Å²) in [7, 11) is 0. The standard InChI is InChI=1S/C17H18F3N3O2/c1-9(2)23-8-11(7-15(23)24)16(25)21-12-3-4-13-10(5-12)6-14(22-13)17(18,19)20/h3-6,9,11,22H,7-8H2,1-2H3,(H,21,25). The molecule has 1 aliphatic rings. The molecule has 0 spiro atoms. The average molecular weight is 353 g/mol. The summed E-state index contributed by atoms with van der Waals surface area (Å²) in [6.45, 7) is 4.12. The highest BCUT2D eigenvalue weighted by atomic mass is 19.4. The first kappa shape index (κ1) is 17.3. The molecule has 25 heavy (non-hydrogen) atoms. The largest absolute Gasteiger partial charge is 0.431 e. The fourth-order valence-electron chi connectivity index (χ4n) is 3.01. The maximum Gasteiger partial charge on any atom is 0.431 e. The number of carbonyl (C=O) groups excluding carboxylic acids is 2. The first-order chi connectivity index (χ1) is 11.6. The number of anilines is 1. The highest BCUT2D eigenvalue weighted by Gasteiger charge is 2.35. The monoisotopic (exact) mass is 353 g/mol. The van der Waals surface area contributed by atoms with Gasteiger partial charge in [-0.2, -0.15) is 13.2 Å². The van der Waals surface area contributed by atoms with Crippen LogP contribution in [0.25, 0.3) is 10.9 Å². The zero-order valence-electron chi connectivity index (χ0n) is 13.8. The van der Waals surface area contributed by atoms with Gasteiger partial charge in [-0.3, -0.25) is 9.59 Å². The van der Waals surface area contributed by atoms with Crippen LogP contribution in [0.1, 0.15) is 26.0 Å². The molecule has 1 saturated heterocycles. The molecule has 2 heterocycles. The quantitative estimate of drug-likeness (QED) is 0.888. The number of nitrogens with one attached hydrogen (secondary N) is 2. The van der Waals surface area contributed by atoms with E-state index < -0.39 is 17.8 Å². The van der Waals surface area contributed by atoms with Crippen molar-refractivity contribution in [3.63, 3.8) is 0 Å². The highest BCUT2D eigenvalue weighted by Crippen LogP contribution is 2.32. The molecule has 1 unspecified atom stereocenters. The maximum absolute atomic E-state index is 12.7. The molecule has 0 aliphatic carbocycles. The van der Waals surface area contributed by atoms with Gasteiger partial charge >= 0.3 is 6.18 Å². The summed E-state index contributed by atoms with van der Waals surface area (Å²) in [4.78, 5) is 28.2. The van der Waals surface area contributed by atoms with Gasteiger partial charge in [0.05, 0.1) is 5.92 Å². The number of hydrogen-bond acceptors (Lipinski definition) is 2. The van der Waals surface area contributed by atoms with E-state index >= 15 is 0 Å². The van der Waals surface area contributed by atoms with Crippen LogP contribution in [0, 0.1) is 5.92 Å². The van der Waals surface area contributed by atoms with Gasteiger partial charge in [0.2, 0.25) is 11.8 Å². The minimum absolute atomic E-state index is 0.0299. The van der Waals surface area contributed by atoms with Crippen molar-refractivity contribution in [2.45, 2.75) is 32.5 Å².